The van der Waals surface area contributed by atoms with Crippen molar-refractivity contribution in [2.45, 2.75) is 32.1 Å². The molecule has 0 spiro atoms. The van der Waals surface area contributed by atoms with Gasteiger partial charge < -0.3 is 9.26 Å². The Morgan fingerprint density at radius 2 is 2.24 bits per heavy atom. The van der Waals surface area contributed by atoms with Crippen molar-refractivity contribution in [2.24, 2.45) is 0 Å². The van der Waals surface area contributed by atoms with Crippen LogP contribution in [0.25, 0.3) is 11.4 Å². The second-order valence-corrected chi connectivity index (χ2v) is 6.10. The highest BCUT2D eigenvalue weighted by Gasteiger charge is 2.57. The monoisotopic (exact) mass is 350 g/mol. The van der Waals surface area contributed by atoms with Crippen molar-refractivity contribution in [1.29, 1.82) is 0 Å². The number of benzene rings is 1. The Kier molecular flexibility index (Phi) is 3.57. The van der Waals surface area contributed by atoms with E-state index in [4.69, 9.17) is 9.26 Å². The number of aromatic nitrogens is 2. The number of ether oxygens (including phenoxy) is 1. The van der Waals surface area contributed by atoms with Gasteiger partial charge in [0.05, 0.1) is 6.61 Å². The average molecular weight is 351 g/mol. The van der Waals surface area contributed by atoms with E-state index in [-0.39, 0.29) is 5.97 Å². The van der Waals surface area contributed by atoms with Crippen LogP contribution in [0.4, 0.5) is 0 Å². The van der Waals surface area contributed by atoms with E-state index in [0.29, 0.717) is 31.2 Å². The van der Waals surface area contributed by atoms with Gasteiger partial charge in [0.1, 0.15) is 5.41 Å². The second-order valence-electron chi connectivity index (χ2n) is 5.18. The molecular weight excluding hydrogens is 336 g/mol. The van der Waals surface area contributed by atoms with Gasteiger partial charge in [0.15, 0.2) is 0 Å². The second kappa shape index (κ2) is 5.26. The lowest BCUT2D eigenvalue weighted by Crippen LogP contribution is -2.23. The smallest absolute Gasteiger partial charge is 0.321 e. The lowest BCUT2D eigenvalue weighted by molar-refractivity contribution is -0.146. The van der Waals surface area contributed by atoms with Gasteiger partial charge in [-0.15, -0.1) is 0 Å². The maximum atomic E-state index is 12.0. The minimum absolute atomic E-state index is 0.271. The minimum Gasteiger partial charge on any atom is -0.465 e. The highest BCUT2D eigenvalue weighted by molar-refractivity contribution is 9.10. The number of carbonyl (C=O) groups excluding carboxylic acids is 1. The average Bonchev–Trinajstić information content (AvgIpc) is 3.12. The van der Waals surface area contributed by atoms with Crippen molar-refractivity contribution in [2.75, 3.05) is 6.61 Å². The summed E-state index contributed by atoms with van der Waals surface area (Å²) in [5.41, 5.74) is 1.22. The van der Waals surface area contributed by atoms with Crippen LogP contribution < -0.4 is 0 Å². The first kappa shape index (κ1) is 14.3. The Morgan fingerprint density at radius 3 is 2.86 bits per heavy atom. The van der Waals surface area contributed by atoms with E-state index in [1.807, 2.05) is 25.1 Å². The number of halogens is 1. The molecule has 0 aliphatic heterocycles. The number of aryl methyl sites for hydroxylation is 1. The zero-order valence-corrected chi connectivity index (χ0v) is 13.4. The summed E-state index contributed by atoms with van der Waals surface area (Å²) in [7, 11) is 0. The first-order chi connectivity index (χ1) is 10.1. The molecule has 0 amide bonds. The zero-order valence-electron chi connectivity index (χ0n) is 11.9. The van der Waals surface area contributed by atoms with E-state index in [2.05, 4.69) is 26.1 Å². The third-order valence-electron chi connectivity index (χ3n) is 3.68. The third kappa shape index (κ3) is 2.48. The van der Waals surface area contributed by atoms with Crippen LogP contribution in [0.1, 0.15) is 31.2 Å². The number of esters is 1. The predicted molar refractivity (Wildman–Crippen MR) is 79.7 cm³/mol. The zero-order chi connectivity index (χ0) is 15.0. The molecule has 0 bridgehead atoms. The number of carbonyl (C=O) groups is 1. The highest BCUT2D eigenvalue weighted by atomic mass is 79.9. The van der Waals surface area contributed by atoms with Crippen molar-refractivity contribution in [3.05, 3.63) is 34.1 Å². The van der Waals surface area contributed by atoms with Gasteiger partial charge in [-0.2, -0.15) is 4.98 Å². The largest absolute Gasteiger partial charge is 0.465 e. The fourth-order valence-corrected chi connectivity index (χ4v) is 2.78. The Bertz CT molecular complexity index is 692. The molecule has 0 radical (unpaired) electrons. The molecule has 1 aromatic carbocycles. The van der Waals surface area contributed by atoms with Crippen LogP contribution in [-0.4, -0.2) is 22.7 Å². The molecule has 1 heterocycles. The van der Waals surface area contributed by atoms with Crippen LogP contribution in [0.2, 0.25) is 0 Å². The van der Waals surface area contributed by atoms with Crippen LogP contribution in [0.3, 0.4) is 0 Å². The van der Waals surface area contributed by atoms with E-state index in [1.165, 1.54) is 0 Å². The molecule has 0 atom stereocenters. The number of hydrogen-bond donors (Lipinski definition) is 0. The summed E-state index contributed by atoms with van der Waals surface area (Å²) in [5.74, 6) is 0.594. The van der Waals surface area contributed by atoms with Crippen molar-refractivity contribution in [3.8, 4) is 11.4 Å². The molecule has 0 unspecified atom stereocenters. The Labute approximate surface area is 130 Å². The Hall–Kier alpha value is -1.69. The predicted octanol–water partition coefficient (Wildman–Crippen LogP) is 3.40. The standard InChI is InChI=1S/C15H15BrN2O3/c1-3-20-14(19)15(6-7-15)13-17-12(18-21-13)11-5-4-10(16)8-9(11)2/h4-5,8H,3,6-7H2,1-2H3. The summed E-state index contributed by atoms with van der Waals surface area (Å²) in [6.45, 7) is 4.13. The SMILES string of the molecule is CCOC(=O)C1(c2nc(-c3ccc(Br)cc3C)no2)CC1. The topological polar surface area (TPSA) is 65.2 Å². The molecule has 110 valence electrons. The van der Waals surface area contributed by atoms with Crippen LogP contribution >= 0.6 is 15.9 Å². The lowest BCUT2D eigenvalue weighted by atomic mass is 10.1. The van der Waals surface area contributed by atoms with Crippen molar-refractivity contribution >= 4 is 21.9 Å². The van der Waals surface area contributed by atoms with Gasteiger partial charge in [-0.3, -0.25) is 4.79 Å². The van der Waals surface area contributed by atoms with E-state index >= 15 is 0 Å². The van der Waals surface area contributed by atoms with E-state index in [0.717, 1.165) is 15.6 Å². The maximum Gasteiger partial charge on any atom is 0.321 e. The normalized spacial score (nSPS) is 15.8. The van der Waals surface area contributed by atoms with Gasteiger partial charge in [0.25, 0.3) is 0 Å². The summed E-state index contributed by atoms with van der Waals surface area (Å²) in [6, 6.07) is 5.85. The molecule has 5 nitrogen and oxygen atoms in total. The number of hydrogen-bond acceptors (Lipinski definition) is 5. The summed E-state index contributed by atoms with van der Waals surface area (Å²) in [6.07, 6.45) is 1.40. The summed E-state index contributed by atoms with van der Waals surface area (Å²) in [5, 5.41) is 4.02. The van der Waals surface area contributed by atoms with Gasteiger partial charge in [0.2, 0.25) is 11.7 Å². The molecule has 1 fully saturated rings. The molecule has 6 heteroatoms. The molecule has 1 aromatic heterocycles. The quantitative estimate of drug-likeness (QED) is 0.790. The summed E-state index contributed by atoms with van der Waals surface area (Å²) >= 11 is 3.43. The molecule has 21 heavy (non-hydrogen) atoms. The minimum atomic E-state index is -0.718. The van der Waals surface area contributed by atoms with Gasteiger partial charge in [-0.25, -0.2) is 0 Å². The highest BCUT2D eigenvalue weighted by Crippen LogP contribution is 2.48. The molecule has 0 saturated heterocycles. The molecular formula is C15H15BrN2O3. The van der Waals surface area contributed by atoms with E-state index in [1.54, 1.807) is 6.92 Å². The molecule has 1 aliphatic carbocycles. The third-order valence-corrected chi connectivity index (χ3v) is 4.17. The lowest BCUT2D eigenvalue weighted by Gasteiger charge is -2.08. The molecule has 0 N–H and O–H groups in total. The first-order valence-corrected chi connectivity index (χ1v) is 7.64. The van der Waals surface area contributed by atoms with Crippen molar-refractivity contribution in [3.63, 3.8) is 0 Å². The van der Waals surface area contributed by atoms with Gasteiger partial charge in [-0.05, 0) is 50.5 Å². The fourth-order valence-electron chi connectivity index (χ4n) is 2.30. The van der Waals surface area contributed by atoms with Crippen LogP contribution in [0, 0.1) is 6.92 Å². The summed E-state index contributed by atoms with van der Waals surface area (Å²) in [4.78, 5) is 16.4. The maximum absolute atomic E-state index is 12.0. The first-order valence-electron chi connectivity index (χ1n) is 6.85. The summed E-state index contributed by atoms with van der Waals surface area (Å²) < 4.78 is 11.4. The van der Waals surface area contributed by atoms with E-state index in [9.17, 15) is 4.79 Å². The fraction of sp³-hybridized carbons (Fsp3) is 0.400. The Balaban J connectivity index is 1.92. The van der Waals surface area contributed by atoms with Crippen LogP contribution in [0.5, 0.6) is 0 Å². The molecule has 1 saturated carbocycles. The Morgan fingerprint density at radius 1 is 1.48 bits per heavy atom. The van der Waals surface area contributed by atoms with Crippen LogP contribution in [0.15, 0.2) is 27.2 Å². The van der Waals surface area contributed by atoms with E-state index < -0.39 is 5.41 Å². The van der Waals surface area contributed by atoms with Crippen molar-refractivity contribution < 1.29 is 14.1 Å². The van der Waals surface area contributed by atoms with Gasteiger partial charge >= 0.3 is 5.97 Å². The molecule has 2 aromatic rings. The van der Waals surface area contributed by atoms with Crippen LogP contribution in [-0.2, 0) is 14.9 Å². The number of nitrogens with zero attached hydrogens (tertiary/aromatic N) is 2. The molecule has 1 aliphatic rings. The van der Waals surface area contributed by atoms with Gasteiger partial charge in [0, 0.05) is 10.0 Å². The molecule has 3 rings (SSSR count). The van der Waals surface area contributed by atoms with Crippen molar-refractivity contribution in [1.82, 2.24) is 10.1 Å². The van der Waals surface area contributed by atoms with Gasteiger partial charge in [-0.1, -0.05) is 21.1 Å². The number of rotatable bonds is 4.